The molecule has 0 amide bonds. The van der Waals surface area contributed by atoms with Gasteiger partial charge in [-0.15, -0.1) is 0 Å². The van der Waals surface area contributed by atoms with Gasteiger partial charge in [-0.1, -0.05) is 0 Å². The third kappa shape index (κ3) is 4.55. The molecule has 0 saturated heterocycles. The molecular formula is C4H7O6P. The predicted molar refractivity (Wildman–Crippen MR) is 34.5 cm³/mol. The smallest absolute Gasteiger partial charge is 0.502 e. The number of aliphatic hydroxyl groups is 1. The number of carbonyl (C=O) groups excluding carboxylic acids is 1. The molecule has 0 spiro atoms. The molecule has 0 aromatic rings. The van der Waals surface area contributed by atoms with E-state index in [-0.39, 0.29) is 0 Å². The fourth-order valence-corrected chi connectivity index (χ4v) is 0.582. The van der Waals surface area contributed by atoms with Crippen LogP contribution in [0.25, 0.3) is 0 Å². The summed E-state index contributed by atoms with van der Waals surface area (Å²) < 4.78 is 13.5. The van der Waals surface area contributed by atoms with Crippen LogP contribution in [-0.2, 0) is 13.9 Å². The number of phosphoric acid groups is 1. The lowest BCUT2D eigenvalue weighted by atomic mass is 10.5. The van der Waals surface area contributed by atoms with Gasteiger partial charge in [-0.05, 0) is 13.0 Å². The van der Waals surface area contributed by atoms with Crippen LogP contribution in [-0.4, -0.2) is 20.9 Å². The second-order valence-corrected chi connectivity index (χ2v) is 2.71. The van der Waals surface area contributed by atoms with Gasteiger partial charge in [0.15, 0.2) is 5.76 Å². The standard InChI is InChI=1S/C4H7O6P/c1-2-3(5)4(6)10-11(7,8)9/h2,5H,1H3,(H2,7,8,9). The SMILES string of the molecule is CC=C(O)C(=O)OP(=O)(O)O. The molecule has 0 heterocycles. The normalized spacial score (nSPS) is 12.8. The number of rotatable bonds is 2. The summed E-state index contributed by atoms with van der Waals surface area (Å²) in [6.07, 6.45) is 0.956. The van der Waals surface area contributed by atoms with Crippen molar-refractivity contribution in [2.75, 3.05) is 0 Å². The quantitative estimate of drug-likeness (QED) is 0.317. The molecule has 0 aliphatic carbocycles. The zero-order valence-electron chi connectivity index (χ0n) is 5.59. The Morgan fingerprint density at radius 3 is 2.27 bits per heavy atom. The van der Waals surface area contributed by atoms with Crippen molar-refractivity contribution >= 4 is 13.8 Å². The van der Waals surface area contributed by atoms with Gasteiger partial charge in [-0.2, -0.15) is 0 Å². The summed E-state index contributed by atoms with van der Waals surface area (Å²) in [7, 11) is -4.84. The first-order valence-corrected chi connectivity index (χ1v) is 4.04. The number of hydrogen-bond donors (Lipinski definition) is 3. The van der Waals surface area contributed by atoms with E-state index < -0.39 is 19.6 Å². The highest BCUT2D eigenvalue weighted by molar-refractivity contribution is 7.46. The fraction of sp³-hybridized carbons (Fsp3) is 0.250. The van der Waals surface area contributed by atoms with E-state index in [4.69, 9.17) is 14.9 Å². The second-order valence-electron chi connectivity index (χ2n) is 1.54. The first kappa shape index (κ1) is 10.2. The van der Waals surface area contributed by atoms with E-state index in [1.807, 2.05) is 0 Å². The van der Waals surface area contributed by atoms with Crippen LogP contribution in [0.5, 0.6) is 0 Å². The topological polar surface area (TPSA) is 104 Å². The summed E-state index contributed by atoms with van der Waals surface area (Å²) in [4.78, 5) is 26.5. The average Bonchev–Trinajstić information content (AvgIpc) is 1.82. The minimum atomic E-state index is -4.84. The summed E-state index contributed by atoms with van der Waals surface area (Å²) in [5, 5.41) is 8.53. The molecule has 11 heavy (non-hydrogen) atoms. The molecule has 0 bridgehead atoms. The van der Waals surface area contributed by atoms with E-state index in [1.165, 1.54) is 6.92 Å². The third-order valence-electron chi connectivity index (χ3n) is 0.684. The van der Waals surface area contributed by atoms with Gasteiger partial charge in [0, 0.05) is 0 Å². The van der Waals surface area contributed by atoms with Gasteiger partial charge in [-0.3, -0.25) is 9.79 Å². The number of aliphatic hydroxyl groups excluding tert-OH is 1. The largest absolute Gasteiger partial charge is 0.527 e. The molecule has 0 aliphatic heterocycles. The van der Waals surface area contributed by atoms with E-state index in [0.29, 0.717) is 0 Å². The lowest BCUT2D eigenvalue weighted by Crippen LogP contribution is -2.04. The van der Waals surface area contributed by atoms with E-state index >= 15 is 0 Å². The van der Waals surface area contributed by atoms with Gasteiger partial charge in [-0.25, -0.2) is 9.36 Å². The van der Waals surface area contributed by atoms with Crippen LogP contribution >= 0.6 is 7.82 Å². The summed E-state index contributed by atoms with van der Waals surface area (Å²) >= 11 is 0. The van der Waals surface area contributed by atoms with Crippen LogP contribution in [0.15, 0.2) is 11.8 Å². The highest BCUT2D eigenvalue weighted by Crippen LogP contribution is 2.36. The summed E-state index contributed by atoms with van der Waals surface area (Å²) in [6.45, 7) is 1.32. The molecule has 0 saturated carbocycles. The van der Waals surface area contributed by atoms with E-state index in [1.54, 1.807) is 0 Å². The molecule has 0 fully saturated rings. The Labute approximate surface area is 62.4 Å². The Kier molecular flexibility index (Phi) is 3.25. The van der Waals surface area contributed by atoms with Gasteiger partial charge in [0.05, 0.1) is 0 Å². The van der Waals surface area contributed by atoms with Crippen molar-refractivity contribution in [2.45, 2.75) is 6.92 Å². The molecule has 0 aromatic heterocycles. The monoisotopic (exact) mass is 182 g/mol. The van der Waals surface area contributed by atoms with Crippen LogP contribution in [0.2, 0.25) is 0 Å². The fourth-order valence-electron chi connectivity index (χ4n) is 0.273. The minimum Gasteiger partial charge on any atom is -0.502 e. The maximum Gasteiger partial charge on any atom is 0.527 e. The molecule has 0 rings (SSSR count). The van der Waals surface area contributed by atoms with Gasteiger partial charge in [0.25, 0.3) is 0 Å². The Balaban J connectivity index is 4.22. The molecule has 0 unspecified atom stereocenters. The highest BCUT2D eigenvalue weighted by atomic mass is 31.2. The van der Waals surface area contributed by atoms with Crippen LogP contribution in [0.1, 0.15) is 6.92 Å². The van der Waals surface area contributed by atoms with Crippen LogP contribution in [0.4, 0.5) is 0 Å². The van der Waals surface area contributed by atoms with E-state index in [9.17, 15) is 9.36 Å². The number of allylic oxidation sites excluding steroid dienone is 1. The first-order valence-electron chi connectivity index (χ1n) is 2.51. The summed E-state index contributed by atoms with van der Waals surface area (Å²) in [5.41, 5.74) is 0. The Morgan fingerprint density at radius 2 is 2.00 bits per heavy atom. The van der Waals surface area contributed by atoms with Crippen molar-refractivity contribution in [3.05, 3.63) is 11.8 Å². The van der Waals surface area contributed by atoms with Gasteiger partial charge >= 0.3 is 13.8 Å². The van der Waals surface area contributed by atoms with Crippen molar-refractivity contribution in [3.63, 3.8) is 0 Å². The molecule has 0 radical (unpaired) electrons. The lowest BCUT2D eigenvalue weighted by molar-refractivity contribution is -0.134. The highest BCUT2D eigenvalue weighted by Gasteiger charge is 2.22. The van der Waals surface area contributed by atoms with Crippen molar-refractivity contribution < 1.29 is 28.8 Å². The number of hydrogen-bond acceptors (Lipinski definition) is 4. The molecular weight excluding hydrogens is 175 g/mol. The van der Waals surface area contributed by atoms with Crippen LogP contribution in [0.3, 0.4) is 0 Å². The number of carbonyl (C=O) groups is 1. The molecule has 0 atom stereocenters. The first-order chi connectivity index (χ1) is 4.87. The second kappa shape index (κ2) is 3.52. The molecule has 3 N–H and O–H groups in total. The van der Waals surface area contributed by atoms with Crippen molar-refractivity contribution in [3.8, 4) is 0 Å². The molecule has 0 aromatic carbocycles. The van der Waals surface area contributed by atoms with E-state index in [0.717, 1.165) is 6.08 Å². The number of phosphoric ester groups is 1. The summed E-state index contributed by atoms with van der Waals surface area (Å²) in [6, 6.07) is 0. The maximum atomic E-state index is 10.4. The van der Waals surface area contributed by atoms with E-state index in [2.05, 4.69) is 4.52 Å². The van der Waals surface area contributed by atoms with Gasteiger partial charge in [0.2, 0.25) is 0 Å². The van der Waals surface area contributed by atoms with Crippen molar-refractivity contribution in [2.24, 2.45) is 0 Å². The lowest BCUT2D eigenvalue weighted by Gasteiger charge is -2.02. The van der Waals surface area contributed by atoms with Crippen LogP contribution < -0.4 is 0 Å². The molecule has 6 nitrogen and oxygen atoms in total. The average molecular weight is 182 g/mol. The third-order valence-corrected chi connectivity index (χ3v) is 1.09. The van der Waals surface area contributed by atoms with Crippen molar-refractivity contribution in [1.82, 2.24) is 0 Å². The predicted octanol–water partition coefficient (Wildman–Crippen LogP) is 0.0841. The van der Waals surface area contributed by atoms with Gasteiger partial charge in [0.1, 0.15) is 0 Å². The van der Waals surface area contributed by atoms with Gasteiger partial charge < -0.3 is 9.63 Å². The Bertz CT molecular complexity index is 225. The zero-order chi connectivity index (χ0) is 9.07. The zero-order valence-corrected chi connectivity index (χ0v) is 6.49. The molecule has 64 valence electrons. The van der Waals surface area contributed by atoms with Crippen LogP contribution in [0, 0.1) is 0 Å². The summed E-state index contributed by atoms with van der Waals surface area (Å²) in [5.74, 6) is -2.28. The molecule has 7 heteroatoms. The Morgan fingerprint density at radius 1 is 1.55 bits per heavy atom. The van der Waals surface area contributed by atoms with Crippen molar-refractivity contribution in [1.29, 1.82) is 0 Å². The maximum absolute atomic E-state index is 10.4. The molecule has 0 aliphatic rings. The minimum absolute atomic E-state index is 0.840. The Hall–Kier alpha value is -0.840.